The van der Waals surface area contributed by atoms with E-state index >= 15 is 0 Å². The van der Waals surface area contributed by atoms with E-state index in [9.17, 15) is 19.5 Å². The number of carboxylic acids is 1. The lowest BCUT2D eigenvalue weighted by Gasteiger charge is -2.16. The molecule has 2 unspecified atom stereocenters. The number of nitrogens with one attached hydrogen (secondary N) is 3. The number of amidine groups is 1. The molecule has 0 spiro atoms. The van der Waals surface area contributed by atoms with Crippen LogP contribution >= 0.6 is 0 Å². The van der Waals surface area contributed by atoms with Crippen molar-refractivity contribution in [2.45, 2.75) is 31.6 Å². The minimum absolute atomic E-state index is 0.00972. The number of hydrogen-bond donors (Lipinski definition) is 5. The van der Waals surface area contributed by atoms with Crippen LogP contribution in [0.25, 0.3) is 0 Å². The quantitative estimate of drug-likeness (QED) is 0.259. The number of carboxylic acid groups (broad SMARTS) is 1. The Balaban J connectivity index is 1.41. The van der Waals surface area contributed by atoms with Crippen LogP contribution in [0.3, 0.4) is 0 Å². The number of ether oxygens (including phenoxy) is 1. The van der Waals surface area contributed by atoms with Crippen LogP contribution in [0.5, 0.6) is 0 Å². The molecular formula is C23H25N5O6. The third-order valence-electron chi connectivity index (χ3n) is 4.98. The Morgan fingerprint density at radius 3 is 2.53 bits per heavy atom. The van der Waals surface area contributed by atoms with Crippen molar-refractivity contribution in [2.75, 3.05) is 6.54 Å². The summed E-state index contributed by atoms with van der Waals surface area (Å²) in [5.41, 5.74) is 8.23. The molecule has 0 radical (unpaired) electrons. The number of nitrogens with zero attached hydrogens (tertiary/aromatic N) is 1. The second-order valence-electron chi connectivity index (χ2n) is 7.57. The Bertz CT molecular complexity index is 1070. The van der Waals surface area contributed by atoms with Gasteiger partial charge in [0.15, 0.2) is 0 Å². The lowest BCUT2D eigenvalue weighted by molar-refractivity contribution is -0.139. The molecule has 0 bridgehead atoms. The first-order valence-electron chi connectivity index (χ1n) is 10.5. The lowest BCUT2D eigenvalue weighted by Crippen LogP contribution is -2.48. The molecule has 2 amide bonds. The van der Waals surface area contributed by atoms with Crippen molar-refractivity contribution in [1.29, 1.82) is 5.41 Å². The molecule has 1 heterocycles. The minimum Gasteiger partial charge on any atom is -0.480 e. The number of rotatable bonds is 10. The third-order valence-corrected chi connectivity index (χ3v) is 4.98. The van der Waals surface area contributed by atoms with E-state index in [1.807, 2.05) is 6.07 Å². The fraction of sp³-hybridized carbons (Fsp3) is 0.261. The van der Waals surface area contributed by atoms with Gasteiger partial charge >= 0.3 is 12.1 Å². The van der Waals surface area contributed by atoms with Crippen LogP contribution in [0.15, 0.2) is 59.8 Å². The van der Waals surface area contributed by atoms with Crippen molar-refractivity contribution in [3.05, 3.63) is 71.3 Å². The van der Waals surface area contributed by atoms with E-state index in [0.29, 0.717) is 17.7 Å². The van der Waals surface area contributed by atoms with Gasteiger partial charge in [-0.2, -0.15) is 0 Å². The second kappa shape index (κ2) is 11.5. The summed E-state index contributed by atoms with van der Waals surface area (Å²) in [6.07, 6.45) is -1.06. The first-order chi connectivity index (χ1) is 16.3. The predicted octanol–water partition coefficient (Wildman–Crippen LogP) is 1.35. The SMILES string of the molecule is N=C(N)c1ccc(C2=NOC(CC(=O)NCC(NC(=O)OCc3ccccc3)C(=O)O)C2)cc1. The Hall–Kier alpha value is -4.41. The molecular weight excluding hydrogens is 442 g/mol. The molecule has 34 heavy (non-hydrogen) atoms. The highest BCUT2D eigenvalue weighted by molar-refractivity contribution is 6.02. The maximum Gasteiger partial charge on any atom is 0.408 e. The van der Waals surface area contributed by atoms with Gasteiger partial charge in [-0.25, -0.2) is 9.59 Å². The average Bonchev–Trinajstić information content (AvgIpc) is 3.29. The fourth-order valence-corrected chi connectivity index (χ4v) is 3.15. The number of carbonyl (C=O) groups excluding carboxylic acids is 2. The molecule has 0 saturated heterocycles. The minimum atomic E-state index is -1.36. The van der Waals surface area contributed by atoms with Gasteiger partial charge in [0, 0.05) is 18.5 Å². The van der Waals surface area contributed by atoms with E-state index in [4.69, 9.17) is 20.7 Å². The van der Waals surface area contributed by atoms with E-state index in [1.165, 1.54) is 0 Å². The molecule has 11 heteroatoms. The molecule has 2 atom stereocenters. The van der Waals surface area contributed by atoms with Crippen molar-refractivity contribution in [1.82, 2.24) is 10.6 Å². The van der Waals surface area contributed by atoms with Crippen molar-refractivity contribution in [3.8, 4) is 0 Å². The molecule has 0 aliphatic carbocycles. The van der Waals surface area contributed by atoms with Crippen molar-refractivity contribution in [3.63, 3.8) is 0 Å². The van der Waals surface area contributed by atoms with Crippen molar-refractivity contribution < 1.29 is 29.1 Å². The van der Waals surface area contributed by atoms with Crippen LogP contribution in [0.2, 0.25) is 0 Å². The number of nitrogen functional groups attached to an aromatic ring is 1. The number of benzene rings is 2. The lowest BCUT2D eigenvalue weighted by atomic mass is 10.0. The number of amides is 2. The summed E-state index contributed by atoms with van der Waals surface area (Å²) in [6, 6.07) is 14.5. The fourth-order valence-electron chi connectivity index (χ4n) is 3.15. The summed E-state index contributed by atoms with van der Waals surface area (Å²) in [6.45, 7) is -0.328. The number of alkyl carbamates (subject to hydrolysis) is 1. The van der Waals surface area contributed by atoms with E-state index in [0.717, 1.165) is 11.1 Å². The maximum absolute atomic E-state index is 12.3. The van der Waals surface area contributed by atoms with Gasteiger partial charge in [0.1, 0.15) is 24.6 Å². The molecule has 1 aliphatic rings. The van der Waals surface area contributed by atoms with Gasteiger partial charge in [-0.3, -0.25) is 10.2 Å². The largest absolute Gasteiger partial charge is 0.480 e. The smallest absolute Gasteiger partial charge is 0.408 e. The highest BCUT2D eigenvalue weighted by atomic mass is 16.6. The number of oxime groups is 1. The van der Waals surface area contributed by atoms with Gasteiger partial charge < -0.3 is 31.0 Å². The van der Waals surface area contributed by atoms with Crippen LogP contribution < -0.4 is 16.4 Å². The van der Waals surface area contributed by atoms with Crippen molar-refractivity contribution in [2.24, 2.45) is 10.9 Å². The molecule has 0 fully saturated rings. The molecule has 11 nitrogen and oxygen atoms in total. The van der Waals surface area contributed by atoms with Gasteiger partial charge in [0.2, 0.25) is 5.91 Å². The summed E-state index contributed by atoms with van der Waals surface area (Å²) in [5.74, 6) is -1.79. The summed E-state index contributed by atoms with van der Waals surface area (Å²) < 4.78 is 5.02. The molecule has 1 aliphatic heterocycles. The number of carbonyl (C=O) groups is 3. The molecule has 3 rings (SSSR count). The van der Waals surface area contributed by atoms with E-state index < -0.39 is 30.1 Å². The first-order valence-corrected chi connectivity index (χ1v) is 10.5. The van der Waals surface area contributed by atoms with Gasteiger partial charge in [0.25, 0.3) is 0 Å². The number of nitrogens with two attached hydrogens (primary N) is 1. The van der Waals surface area contributed by atoms with Gasteiger partial charge in [-0.1, -0.05) is 59.8 Å². The van der Waals surface area contributed by atoms with Crippen LogP contribution in [-0.2, 0) is 25.8 Å². The topological polar surface area (TPSA) is 176 Å². The standard InChI is InChI=1S/C23H25N5O6/c24-21(25)16-8-6-15(7-9-16)18-10-17(34-28-18)11-20(29)26-12-19(22(30)31)27-23(32)33-13-14-4-2-1-3-5-14/h1-9,17,19H,10-13H2,(H3,24,25)(H,26,29)(H,27,32)(H,30,31). The van der Waals surface area contributed by atoms with E-state index in [2.05, 4.69) is 15.8 Å². The molecule has 0 saturated carbocycles. The Morgan fingerprint density at radius 1 is 1.18 bits per heavy atom. The third kappa shape index (κ3) is 7.05. The highest BCUT2D eigenvalue weighted by Gasteiger charge is 2.26. The summed E-state index contributed by atoms with van der Waals surface area (Å²) in [7, 11) is 0. The monoisotopic (exact) mass is 467 g/mol. The van der Waals surface area contributed by atoms with Crippen LogP contribution in [0, 0.1) is 5.41 Å². The van der Waals surface area contributed by atoms with E-state index in [-0.39, 0.29) is 25.4 Å². The van der Waals surface area contributed by atoms with Gasteiger partial charge in [-0.05, 0) is 11.1 Å². The van der Waals surface area contributed by atoms with E-state index in [1.54, 1.807) is 48.5 Å². The number of aliphatic carboxylic acids is 1. The summed E-state index contributed by atoms with van der Waals surface area (Å²) >= 11 is 0. The molecule has 6 N–H and O–H groups in total. The van der Waals surface area contributed by atoms with Crippen molar-refractivity contribution >= 4 is 29.5 Å². The number of hydrogen-bond acceptors (Lipinski definition) is 7. The van der Waals surface area contributed by atoms with Crippen LogP contribution in [0.1, 0.15) is 29.5 Å². The predicted molar refractivity (Wildman–Crippen MR) is 122 cm³/mol. The Kier molecular flexibility index (Phi) is 8.16. The Labute approximate surface area is 195 Å². The normalized spacial score (nSPS) is 15.4. The summed E-state index contributed by atoms with van der Waals surface area (Å²) in [4.78, 5) is 41.0. The van der Waals surface area contributed by atoms with Crippen LogP contribution in [-0.4, -0.2) is 53.3 Å². The van der Waals surface area contributed by atoms with Gasteiger partial charge in [0.05, 0.1) is 12.1 Å². The van der Waals surface area contributed by atoms with Gasteiger partial charge in [-0.15, -0.1) is 0 Å². The Morgan fingerprint density at radius 2 is 1.88 bits per heavy atom. The zero-order chi connectivity index (χ0) is 24.5. The average molecular weight is 467 g/mol. The molecule has 0 aromatic heterocycles. The summed E-state index contributed by atoms with van der Waals surface area (Å²) in [5, 5.41) is 25.5. The first kappa shape index (κ1) is 24.2. The molecule has 178 valence electrons. The highest BCUT2D eigenvalue weighted by Crippen LogP contribution is 2.19. The molecule has 2 aromatic rings. The zero-order valence-corrected chi connectivity index (χ0v) is 18.2. The zero-order valence-electron chi connectivity index (χ0n) is 18.2. The molecule has 2 aromatic carbocycles. The van der Waals surface area contributed by atoms with Crippen LogP contribution in [0.4, 0.5) is 4.79 Å². The second-order valence-corrected chi connectivity index (χ2v) is 7.57. The maximum atomic E-state index is 12.3.